The smallest absolute Gasteiger partial charge is 0.253 e. The molecule has 5 rings (SSSR count). The van der Waals surface area contributed by atoms with Gasteiger partial charge in [-0.25, -0.2) is 4.98 Å². The van der Waals surface area contributed by atoms with Crippen LogP contribution in [-0.4, -0.2) is 50.4 Å². The van der Waals surface area contributed by atoms with Gasteiger partial charge in [0, 0.05) is 43.6 Å². The second kappa shape index (κ2) is 9.14. The first-order valence-electron chi connectivity index (χ1n) is 11.3. The van der Waals surface area contributed by atoms with E-state index >= 15 is 0 Å². The Balaban J connectivity index is 1.45. The Morgan fingerprint density at radius 3 is 2.88 bits per heavy atom. The summed E-state index contributed by atoms with van der Waals surface area (Å²) in [6, 6.07) is 5.71. The third-order valence-electron chi connectivity index (χ3n) is 6.31. The van der Waals surface area contributed by atoms with Crippen molar-refractivity contribution in [1.29, 1.82) is 0 Å². The summed E-state index contributed by atoms with van der Waals surface area (Å²) in [6.45, 7) is 2.47. The van der Waals surface area contributed by atoms with Crippen LogP contribution in [0.4, 0.5) is 17.5 Å². The van der Waals surface area contributed by atoms with Gasteiger partial charge in [-0.15, -0.1) is 10.2 Å². The maximum Gasteiger partial charge on any atom is 0.253 e. The summed E-state index contributed by atoms with van der Waals surface area (Å²) in [4.78, 5) is 21.2. The summed E-state index contributed by atoms with van der Waals surface area (Å²) in [7, 11) is 0. The van der Waals surface area contributed by atoms with Gasteiger partial charge in [0.1, 0.15) is 5.82 Å². The first kappa shape index (κ1) is 21.3. The number of carbonyl (C=O) groups excluding carboxylic acids is 1. The lowest BCUT2D eigenvalue weighted by atomic mass is 9.78. The van der Waals surface area contributed by atoms with Crippen LogP contribution in [0.1, 0.15) is 47.5 Å². The van der Waals surface area contributed by atoms with E-state index in [1.807, 2.05) is 18.2 Å². The molecule has 1 fully saturated rings. The van der Waals surface area contributed by atoms with Crippen molar-refractivity contribution in [3.05, 3.63) is 41.4 Å². The number of aliphatic hydroxyl groups is 1. The Labute approximate surface area is 191 Å². The molecule has 2 aliphatic rings. The molecular weight excluding hydrogens is 422 g/mol. The highest BCUT2D eigenvalue weighted by Crippen LogP contribution is 2.35. The van der Waals surface area contributed by atoms with Crippen LogP contribution in [0.5, 0.6) is 0 Å². The van der Waals surface area contributed by atoms with E-state index in [9.17, 15) is 9.90 Å². The van der Waals surface area contributed by atoms with E-state index in [1.54, 1.807) is 13.1 Å². The van der Waals surface area contributed by atoms with Gasteiger partial charge in [-0.3, -0.25) is 4.79 Å². The quantitative estimate of drug-likeness (QED) is 0.409. The van der Waals surface area contributed by atoms with Crippen LogP contribution < -0.4 is 16.0 Å². The highest BCUT2D eigenvalue weighted by Gasteiger charge is 2.28. The molecule has 0 bridgehead atoms. The zero-order valence-corrected chi connectivity index (χ0v) is 18.5. The standard InChI is InChI=1S/C23H27N7O3/c1-13-29-30-22(33-13)18-12-25-23(28-20(18)27-19(8-10-31)14-3-2-4-14)26-16-5-6-17-15(11-16)7-9-24-21(17)32/h5-6,11-12,14,19,31H,2-4,7-10H2,1H3,(H,24,32)(H2,25,26,27,28). The van der Waals surface area contributed by atoms with Gasteiger partial charge in [-0.2, -0.15) is 4.98 Å². The minimum absolute atomic E-state index is 0.0457. The van der Waals surface area contributed by atoms with Crippen molar-refractivity contribution in [2.75, 3.05) is 23.8 Å². The summed E-state index contributed by atoms with van der Waals surface area (Å²) in [6.07, 6.45) is 6.54. The highest BCUT2D eigenvalue weighted by atomic mass is 16.4. The summed E-state index contributed by atoms with van der Waals surface area (Å²) < 4.78 is 5.63. The Hall–Kier alpha value is -3.53. The highest BCUT2D eigenvalue weighted by molar-refractivity contribution is 5.97. The van der Waals surface area contributed by atoms with Crippen LogP contribution in [0.25, 0.3) is 11.5 Å². The van der Waals surface area contributed by atoms with Crippen LogP contribution in [0.2, 0.25) is 0 Å². The van der Waals surface area contributed by atoms with Gasteiger partial charge in [0.25, 0.3) is 11.8 Å². The average Bonchev–Trinajstić information content (AvgIpc) is 3.19. The zero-order valence-electron chi connectivity index (χ0n) is 18.5. The van der Waals surface area contributed by atoms with Crippen molar-refractivity contribution in [3.8, 4) is 11.5 Å². The molecule has 33 heavy (non-hydrogen) atoms. The van der Waals surface area contributed by atoms with E-state index in [4.69, 9.17) is 9.40 Å². The molecule has 10 heteroatoms. The number of benzene rings is 1. The third-order valence-corrected chi connectivity index (χ3v) is 6.31. The Kier molecular flexibility index (Phi) is 5.91. The maximum atomic E-state index is 12.0. The molecule has 1 aliphatic carbocycles. The molecule has 0 saturated heterocycles. The predicted octanol–water partition coefficient (Wildman–Crippen LogP) is 2.83. The molecule has 1 saturated carbocycles. The summed E-state index contributed by atoms with van der Waals surface area (Å²) in [5.74, 6) is 2.25. The number of nitrogens with zero attached hydrogens (tertiary/aromatic N) is 4. The summed E-state index contributed by atoms with van der Waals surface area (Å²) >= 11 is 0. The Morgan fingerprint density at radius 2 is 2.15 bits per heavy atom. The van der Waals surface area contributed by atoms with Gasteiger partial charge in [0.05, 0.1) is 5.56 Å². The number of amides is 1. The normalized spacial score (nSPS) is 16.5. The van der Waals surface area contributed by atoms with Crippen LogP contribution in [0.3, 0.4) is 0 Å². The zero-order chi connectivity index (χ0) is 22.8. The number of hydrogen-bond acceptors (Lipinski definition) is 9. The Morgan fingerprint density at radius 1 is 1.27 bits per heavy atom. The molecule has 1 atom stereocenters. The molecular formula is C23H27N7O3. The van der Waals surface area contributed by atoms with Crippen molar-refractivity contribution in [3.63, 3.8) is 0 Å². The second-order valence-electron chi connectivity index (χ2n) is 8.54. The van der Waals surface area contributed by atoms with Crippen LogP contribution in [0.15, 0.2) is 28.8 Å². The molecule has 4 N–H and O–H groups in total. The number of nitrogens with one attached hydrogen (secondary N) is 3. The van der Waals surface area contributed by atoms with E-state index < -0.39 is 0 Å². The number of aromatic nitrogens is 4. The molecule has 1 aliphatic heterocycles. The van der Waals surface area contributed by atoms with Gasteiger partial charge in [-0.05, 0) is 55.4 Å². The average molecular weight is 450 g/mol. The first-order valence-corrected chi connectivity index (χ1v) is 11.3. The maximum absolute atomic E-state index is 12.0. The lowest BCUT2D eigenvalue weighted by Crippen LogP contribution is -2.35. The van der Waals surface area contributed by atoms with Crippen LogP contribution >= 0.6 is 0 Å². The molecule has 10 nitrogen and oxygen atoms in total. The van der Waals surface area contributed by atoms with Gasteiger partial charge >= 0.3 is 0 Å². The third kappa shape index (κ3) is 4.51. The SMILES string of the molecule is Cc1nnc(-c2cnc(Nc3ccc4c(c3)CCNC4=O)nc2NC(CCO)C2CCC2)o1. The molecule has 3 aromatic rings. The fourth-order valence-corrected chi connectivity index (χ4v) is 4.33. The molecule has 1 amide bonds. The number of anilines is 3. The summed E-state index contributed by atoms with van der Waals surface area (Å²) in [5.41, 5.74) is 3.12. The number of aliphatic hydroxyl groups excluding tert-OH is 1. The van der Waals surface area contributed by atoms with E-state index in [1.165, 1.54) is 6.42 Å². The molecule has 3 heterocycles. The molecule has 0 radical (unpaired) electrons. The van der Waals surface area contributed by atoms with Gasteiger partial charge < -0.3 is 25.5 Å². The van der Waals surface area contributed by atoms with E-state index in [0.29, 0.717) is 53.6 Å². The number of hydrogen-bond donors (Lipinski definition) is 4. The van der Waals surface area contributed by atoms with Crippen molar-refractivity contribution < 1.29 is 14.3 Å². The van der Waals surface area contributed by atoms with Crippen molar-refractivity contribution in [2.45, 2.75) is 45.1 Å². The van der Waals surface area contributed by atoms with Gasteiger partial charge in [0.15, 0.2) is 0 Å². The minimum Gasteiger partial charge on any atom is -0.421 e. The topological polar surface area (TPSA) is 138 Å². The number of aryl methyl sites for hydroxylation is 1. The molecule has 1 unspecified atom stereocenters. The van der Waals surface area contributed by atoms with Gasteiger partial charge in [-0.1, -0.05) is 6.42 Å². The lowest BCUT2D eigenvalue weighted by Gasteiger charge is -2.34. The van der Waals surface area contributed by atoms with Gasteiger partial charge in [0.2, 0.25) is 11.8 Å². The minimum atomic E-state index is -0.0457. The molecule has 1 aromatic carbocycles. The van der Waals surface area contributed by atoms with Crippen LogP contribution in [-0.2, 0) is 6.42 Å². The molecule has 172 valence electrons. The lowest BCUT2D eigenvalue weighted by molar-refractivity contribution is 0.0946. The fraction of sp³-hybridized carbons (Fsp3) is 0.435. The van der Waals surface area contributed by atoms with Crippen molar-refractivity contribution >= 4 is 23.4 Å². The van der Waals surface area contributed by atoms with Crippen molar-refractivity contribution in [2.24, 2.45) is 5.92 Å². The first-order chi connectivity index (χ1) is 16.1. The molecule has 2 aromatic heterocycles. The van der Waals surface area contributed by atoms with Crippen LogP contribution in [0, 0.1) is 12.8 Å². The number of rotatable bonds is 8. The largest absolute Gasteiger partial charge is 0.421 e. The van der Waals surface area contributed by atoms with E-state index in [2.05, 4.69) is 31.1 Å². The molecule has 0 spiro atoms. The Bertz CT molecular complexity index is 1160. The number of fused-ring (bicyclic) bond motifs is 1. The fourth-order valence-electron chi connectivity index (χ4n) is 4.33. The van der Waals surface area contributed by atoms with Crippen molar-refractivity contribution in [1.82, 2.24) is 25.5 Å². The predicted molar refractivity (Wildman–Crippen MR) is 122 cm³/mol. The summed E-state index contributed by atoms with van der Waals surface area (Å²) in [5, 5.41) is 27.3. The van der Waals surface area contributed by atoms with E-state index in [-0.39, 0.29) is 18.6 Å². The number of carbonyl (C=O) groups is 1. The second-order valence-corrected chi connectivity index (χ2v) is 8.54. The monoisotopic (exact) mass is 449 g/mol. The van der Waals surface area contributed by atoms with E-state index in [0.717, 1.165) is 30.5 Å².